The summed E-state index contributed by atoms with van der Waals surface area (Å²) in [5, 5.41) is 12.5. The van der Waals surface area contributed by atoms with Gasteiger partial charge < -0.3 is 19.3 Å². The highest BCUT2D eigenvalue weighted by atomic mass is 35.5. The fourth-order valence-electron chi connectivity index (χ4n) is 5.93. The zero-order chi connectivity index (χ0) is 26.8. The SMILES string of the molecule is COC(=O)[C@H]1C(=O)[C@@]2(O)c3ncc(Cl)cc3O[C@@]2(C2(C)C=CC(OC(F)(F)F)=CC2)[C@@H]1c1ccccc1. The molecule has 1 fully saturated rings. The summed E-state index contributed by atoms with van der Waals surface area (Å²) >= 11 is 6.13. The molecule has 11 heteroatoms. The van der Waals surface area contributed by atoms with E-state index in [1.54, 1.807) is 37.3 Å². The Balaban J connectivity index is 1.77. The molecule has 2 aromatic rings. The van der Waals surface area contributed by atoms with Crippen molar-refractivity contribution in [2.24, 2.45) is 11.3 Å². The number of nitrogens with zero attached hydrogens (tertiary/aromatic N) is 1. The van der Waals surface area contributed by atoms with Gasteiger partial charge in [0.05, 0.1) is 12.1 Å². The zero-order valence-corrected chi connectivity index (χ0v) is 20.3. The van der Waals surface area contributed by atoms with Gasteiger partial charge in [0.2, 0.25) is 5.60 Å². The number of hydrogen-bond acceptors (Lipinski definition) is 7. The van der Waals surface area contributed by atoms with E-state index in [4.69, 9.17) is 21.1 Å². The highest BCUT2D eigenvalue weighted by Crippen LogP contribution is 2.69. The standard InChI is InChI=1S/C26H21ClF3NO6/c1-23(10-8-16(9-11-23)36-26(28,29)30)25-19(14-6-4-3-5-7-14)18(22(33)35-2)21(32)24(25,34)20-17(37-25)12-15(27)13-31-20/h3-10,12-13,18-19,34H,11H2,1-2H3/t18-,19-,23?,24+,25-/m1/s1. The third-order valence-electron chi connectivity index (χ3n) is 7.42. The summed E-state index contributed by atoms with van der Waals surface area (Å²) in [7, 11) is 1.13. The number of allylic oxidation sites excluding steroid dienone is 2. The number of aliphatic hydroxyl groups is 1. The Labute approximate surface area is 214 Å². The minimum absolute atomic E-state index is 0.0311. The first kappa shape index (κ1) is 25.3. The van der Waals surface area contributed by atoms with E-state index in [-0.39, 0.29) is 22.9 Å². The molecule has 2 heterocycles. The molecule has 0 amide bonds. The van der Waals surface area contributed by atoms with Gasteiger partial charge in [-0.2, -0.15) is 0 Å². The summed E-state index contributed by atoms with van der Waals surface area (Å²) in [4.78, 5) is 31.3. The molecule has 0 bridgehead atoms. The van der Waals surface area contributed by atoms with Crippen LogP contribution in [-0.2, 0) is 24.7 Å². The van der Waals surface area contributed by atoms with Gasteiger partial charge in [0.25, 0.3) is 0 Å². The summed E-state index contributed by atoms with van der Waals surface area (Å²) in [6, 6.07) is 9.89. The van der Waals surface area contributed by atoms with Gasteiger partial charge in [-0.3, -0.25) is 14.6 Å². The smallest absolute Gasteiger partial charge is 0.480 e. The molecule has 1 saturated carbocycles. The van der Waals surface area contributed by atoms with Crippen molar-refractivity contribution in [1.82, 2.24) is 4.98 Å². The van der Waals surface area contributed by atoms with E-state index in [1.165, 1.54) is 24.4 Å². The van der Waals surface area contributed by atoms with Gasteiger partial charge >= 0.3 is 12.3 Å². The van der Waals surface area contributed by atoms with Crippen LogP contribution in [0.4, 0.5) is 13.2 Å². The summed E-state index contributed by atoms with van der Waals surface area (Å²) in [5.74, 6) is -4.81. The molecular weight excluding hydrogens is 515 g/mol. The number of aromatic nitrogens is 1. The van der Waals surface area contributed by atoms with Crippen molar-refractivity contribution in [3.05, 3.63) is 82.9 Å². The second kappa shape index (κ2) is 8.32. The molecule has 37 heavy (non-hydrogen) atoms. The number of ketones is 1. The summed E-state index contributed by atoms with van der Waals surface area (Å²) in [5.41, 5.74) is -5.38. The minimum Gasteiger partial charge on any atom is -0.480 e. The number of alkyl halides is 3. The van der Waals surface area contributed by atoms with Gasteiger partial charge in [-0.25, -0.2) is 0 Å². The number of fused-ring (bicyclic) bond motifs is 3. The van der Waals surface area contributed by atoms with Crippen molar-refractivity contribution in [2.45, 2.75) is 36.8 Å². The van der Waals surface area contributed by atoms with Crippen LogP contribution in [0.25, 0.3) is 0 Å². The van der Waals surface area contributed by atoms with Gasteiger partial charge in [-0.15, -0.1) is 13.2 Å². The molecule has 2 aliphatic carbocycles. The molecule has 1 aromatic heterocycles. The number of methoxy groups -OCH3 is 1. The lowest BCUT2D eigenvalue weighted by Gasteiger charge is -2.50. The number of Topliss-reactive ketones (excluding diaryl/α,β-unsaturated/α-hetero) is 1. The van der Waals surface area contributed by atoms with Crippen molar-refractivity contribution < 1.29 is 42.1 Å². The van der Waals surface area contributed by atoms with Crippen LogP contribution in [0.15, 0.2) is 66.6 Å². The summed E-state index contributed by atoms with van der Waals surface area (Å²) in [6.07, 6.45) is -0.0962. The Morgan fingerprint density at radius 3 is 2.57 bits per heavy atom. The van der Waals surface area contributed by atoms with E-state index in [2.05, 4.69) is 9.72 Å². The predicted octanol–water partition coefficient (Wildman–Crippen LogP) is 4.60. The third-order valence-corrected chi connectivity index (χ3v) is 7.63. The predicted molar refractivity (Wildman–Crippen MR) is 123 cm³/mol. The Hall–Kier alpha value is -3.37. The molecule has 1 N–H and O–H groups in total. The number of carbonyl (C=O) groups excluding carboxylic acids is 2. The van der Waals surface area contributed by atoms with Crippen LogP contribution in [0.2, 0.25) is 5.02 Å². The van der Waals surface area contributed by atoms with Gasteiger partial charge in [-0.05, 0) is 24.1 Å². The summed E-state index contributed by atoms with van der Waals surface area (Å²) < 4.78 is 54.1. The van der Waals surface area contributed by atoms with Gasteiger partial charge in [0.15, 0.2) is 11.4 Å². The molecule has 1 aromatic carbocycles. The van der Waals surface area contributed by atoms with Gasteiger partial charge in [0, 0.05) is 23.6 Å². The van der Waals surface area contributed by atoms with Crippen LogP contribution in [0.1, 0.15) is 30.5 Å². The number of benzene rings is 1. The van der Waals surface area contributed by atoms with Gasteiger partial charge in [0.1, 0.15) is 23.1 Å². The maximum atomic E-state index is 14.1. The highest BCUT2D eigenvalue weighted by molar-refractivity contribution is 6.30. The lowest BCUT2D eigenvalue weighted by molar-refractivity contribution is -0.303. The van der Waals surface area contributed by atoms with E-state index in [1.807, 2.05) is 0 Å². The molecule has 7 nitrogen and oxygen atoms in total. The maximum absolute atomic E-state index is 14.1. The van der Waals surface area contributed by atoms with Crippen LogP contribution in [0, 0.1) is 11.3 Å². The second-order valence-electron chi connectivity index (χ2n) is 9.41. The van der Waals surface area contributed by atoms with E-state index in [9.17, 15) is 27.9 Å². The lowest BCUT2D eigenvalue weighted by Crippen LogP contribution is -2.62. The van der Waals surface area contributed by atoms with Crippen molar-refractivity contribution in [3.63, 3.8) is 0 Å². The average molecular weight is 536 g/mol. The normalized spacial score (nSPS) is 32.3. The number of esters is 1. The summed E-state index contributed by atoms with van der Waals surface area (Å²) in [6.45, 7) is 1.63. The topological polar surface area (TPSA) is 95.0 Å². The Kier molecular flexibility index (Phi) is 5.69. The zero-order valence-electron chi connectivity index (χ0n) is 19.6. The highest BCUT2D eigenvalue weighted by Gasteiger charge is 2.82. The first-order chi connectivity index (χ1) is 17.4. The molecule has 194 valence electrons. The van der Waals surface area contributed by atoms with Crippen molar-refractivity contribution in [1.29, 1.82) is 0 Å². The molecule has 5 atom stereocenters. The monoisotopic (exact) mass is 535 g/mol. The largest absolute Gasteiger partial charge is 0.573 e. The Bertz CT molecular complexity index is 1350. The number of hydrogen-bond donors (Lipinski definition) is 1. The molecule has 3 aliphatic rings. The quantitative estimate of drug-likeness (QED) is 0.452. The molecular formula is C26H21ClF3NO6. The molecule has 0 spiro atoms. The van der Waals surface area contributed by atoms with E-state index < -0.39 is 52.3 Å². The first-order valence-corrected chi connectivity index (χ1v) is 11.7. The van der Waals surface area contributed by atoms with Crippen molar-refractivity contribution in [2.75, 3.05) is 7.11 Å². The van der Waals surface area contributed by atoms with Crippen molar-refractivity contribution in [3.8, 4) is 5.75 Å². The average Bonchev–Trinajstić information content (AvgIpc) is 3.23. The van der Waals surface area contributed by atoms with Crippen LogP contribution >= 0.6 is 11.6 Å². The first-order valence-electron chi connectivity index (χ1n) is 11.3. The van der Waals surface area contributed by atoms with E-state index >= 15 is 0 Å². The van der Waals surface area contributed by atoms with E-state index in [0.29, 0.717) is 5.56 Å². The van der Waals surface area contributed by atoms with Crippen LogP contribution < -0.4 is 4.74 Å². The van der Waals surface area contributed by atoms with Crippen LogP contribution in [0.5, 0.6) is 5.75 Å². The van der Waals surface area contributed by atoms with Crippen LogP contribution in [-0.4, -0.2) is 40.9 Å². The molecule has 0 radical (unpaired) electrons. The van der Waals surface area contributed by atoms with Crippen molar-refractivity contribution >= 4 is 23.4 Å². The maximum Gasteiger partial charge on any atom is 0.573 e. The fourth-order valence-corrected chi connectivity index (χ4v) is 6.08. The van der Waals surface area contributed by atoms with Crippen LogP contribution in [0.3, 0.4) is 0 Å². The van der Waals surface area contributed by atoms with E-state index in [0.717, 1.165) is 13.2 Å². The van der Waals surface area contributed by atoms with Gasteiger partial charge in [-0.1, -0.05) is 54.9 Å². The minimum atomic E-state index is -4.91. The third kappa shape index (κ3) is 3.49. The molecule has 0 saturated heterocycles. The number of pyridine rings is 1. The number of carbonyl (C=O) groups is 2. The molecule has 1 aliphatic heterocycles. The Morgan fingerprint density at radius 2 is 1.97 bits per heavy atom. The number of halogens is 4. The Morgan fingerprint density at radius 1 is 1.27 bits per heavy atom. The lowest BCUT2D eigenvalue weighted by atomic mass is 9.58. The number of ether oxygens (including phenoxy) is 3. The molecule has 1 unspecified atom stereocenters. The fraction of sp³-hybridized carbons (Fsp3) is 0.346. The second-order valence-corrected chi connectivity index (χ2v) is 9.85. The molecule has 5 rings (SSSR count). The number of rotatable bonds is 4.